The van der Waals surface area contributed by atoms with Crippen molar-refractivity contribution in [2.45, 2.75) is 3.73 Å². The van der Waals surface area contributed by atoms with Crippen molar-refractivity contribution in [2.75, 3.05) is 0 Å². The summed E-state index contributed by atoms with van der Waals surface area (Å²) in [5, 5.41) is 0. The average Bonchev–Trinajstić information content (AvgIpc) is 2.29. The first-order valence-electron chi connectivity index (χ1n) is 4.96. The van der Waals surface area contributed by atoms with Crippen molar-refractivity contribution in [2.24, 2.45) is 0 Å². The Hall–Kier alpha value is -0.701. The standard InChI is InChI=1S/C13H9BrF2Se/c14-13(15,16)17-12-8-6-11(7-9-12)10-4-2-1-3-5-10/h1-9H. The van der Waals surface area contributed by atoms with E-state index in [0.717, 1.165) is 11.1 Å². The molecule has 0 bridgehead atoms. The van der Waals surface area contributed by atoms with Crippen molar-refractivity contribution < 1.29 is 8.78 Å². The number of rotatable bonds is 3. The molecule has 4 heteroatoms. The number of benzene rings is 2. The summed E-state index contributed by atoms with van der Waals surface area (Å²) < 4.78 is 23.5. The van der Waals surface area contributed by atoms with Crippen LogP contribution in [-0.4, -0.2) is 18.7 Å². The second kappa shape index (κ2) is 5.30. The van der Waals surface area contributed by atoms with E-state index in [1.165, 1.54) is 0 Å². The Bertz CT molecular complexity index is 477. The molecule has 0 aliphatic heterocycles. The van der Waals surface area contributed by atoms with Gasteiger partial charge in [0.2, 0.25) is 0 Å². The molecule has 17 heavy (non-hydrogen) atoms. The van der Waals surface area contributed by atoms with Gasteiger partial charge in [-0.3, -0.25) is 0 Å². The molecule has 0 spiro atoms. The third-order valence-corrected chi connectivity index (χ3v) is 4.59. The summed E-state index contributed by atoms with van der Waals surface area (Å²) in [6.45, 7) is 0. The Kier molecular flexibility index (Phi) is 3.97. The summed E-state index contributed by atoms with van der Waals surface area (Å²) in [5.74, 6) is 0. The summed E-state index contributed by atoms with van der Waals surface area (Å²) in [5.41, 5.74) is 2.14. The van der Waals surface area contributed by atoms with Crippen LogP contribution in [0.15, 0.2) is 54.6 Å². The third kappa shape index (κ3) is 3.91. The molecule has 0 radical (unpaired) electrons. The van der Waals surface area contributed by atoms with Gasteiger partial charge in [-0.15, -0.1) is 0 Å². The first-order chi connectivity index (χ1) is 8.04. The van der Waals surface area contributed by atoms with Crippen LogP contribution in [0.4, 0.5) is 8.78 Å². The van der Waals surface area contributed by atoms with E-state index in [-0.39, 0.29) is 0 Å². The van der Waals surface area contributed by atoms with E-state index in [2.05, 4.69) is 15.9 Å². The zero-order valence-electron chi connectivity index (χ0n) is 8.74. The van der Waals surface area contributed by atoms with Crippen molar-refractivity contribution >= 4 is 35.3 Å². The normalized spacial score (nSPS) is 11.5. The molecule has 0 saturated carbocycles. The molecule has 0 saturated heterocycles. The molecule has 0 amide bonds. The fourth-order valence-corrected chi connectivity index (χ4v) is 3.58. The molecular formula is C13H9BrF2Se. The van der Waals surface area contributed by atoms with Gasteiger partial charge in [0.25, 0.3) is 0 Å². The van der Waals surface area contributed by atoms with E-state index in [1.807, 2.05) is 42.5 Å². The topological polar surface area (TPSA) is 0 Å². The van der Waals surface area contributed by atoms with Gasteiger partial charge in [0, 0.05) is 0 Å². The minimum absolute atomic E-state index is 0.680. The van der Waals surface area contributed by atoms with E-state index in [1.54, 1.807) is 12.1 Å². The van der Waals surface area contributed by atoms with Gasteiger partial charge in [-0.1, -0.05) is 0 Å². The Morgan fingerprint density at radius 2 is 1.35 bits per heavy atom. The van der Waals surface area contributed by atoms with Crippen molar-refractivity contribution in [3.63, 3.8) is 0 Å². The fraction of sp³-hybridized carbons (Fsp3) is 0.0769. The van der Waals surface area contributed by atoms with Gasteiger partial charge in [0.1, 0.15) is 0 Å². The third-order valence-electron chi connectivity index (χ3n) is 2.20. The number of alkyl halides is 3. The molecule has 0 atom stereocenters. The molecule has 2 rings (SSSR count). The number of hydrogen-bond acceptors (Lipinski definition) is 0. The Labute approximate surface area is 113 Å². The number of halogens is 3. The summed E-state index contributed by atoms with van der Waals surface area (Å²) in [7, 11) is 0. The molecule has 0 nitrogen and oxygen atoms in total. The van der Waals surface area contributed by atoms with Crippen LogP contribution < -0.4 is 4.46 Å². The van der Waals surface area contributed by atoms with Gasteiger partial charge in [0.15, 0.2) is 0 Å². The monoisotopic (exact) mass is 362 g/mol. The van der Waals surface area contributed by atoms with Crippen molar-refractivity contribution in [3.05, 3.63) is 54.6 Å². The second-order valence-corrected chi connectivity index (χ2v) is 8.11. The quantitative estimate of drug-likeness (QED) is 0.578. The molecule has 0 unspecified atom stereocenters. The van der Waals surface area contributed by atoms with Gasteiger partial charge < -0.3 is 0 Å². The molecule has 88 valence electrons. The Morgan fingerprint density at radius 3 is 1.88 bits per heavy atom. The molecule has 0 heterocycles. The summed E-state index contributed by atoms with van der Waals surface area (Å²) in [4.78, 5) is 0. The molecule has 0 aliphatic rings. The molecule has 0 N–H and O–H groups in total. The zero-order valence-corrected chi connectivity index (χ0v) is 12.0. The minimum atomic E-state index is -2.77. The van der Waals surface area contributed by atoms with Gasteiger partial charge in [-0.25, -0.2) is 0 Å². The van der Waals surface area contributed by atoms with Crippen molar-refractivity contribution in [3.8, 4) is 11.1 Å². The maximum atomic E-state index is 12.8. The molecule has 0 aliphatic carbocycles. The van der Waals surface area contributed by atoms with Gasteiger partial charge in [-0.05, 0) is 0 Å². The van der Waals surface area contributed by atoms with E-state index in [9.17, 15) is 8.78 Å². The van der Waals surface area contributed by atoms with Crippen LogP contribution in [0.2, 0.25) is 0 Å². The van der Waals surface area contributed by atoms with Crippen LogP contribution in [0.3, 0.4) is 0 Å². The van der Waals surface area contributed by atoms with Crippen LogP contribution in [0.5, 0.6) is 0 Å². The van der Waals surface area contributed by atoms with Crippen LogP contribution >= 0.6 is 15.9 Å². The summed E-state index contributed by atoms with van der Waals surface area (Å²) in [6, 6.07) is 17.1. The van der Waals surface area contributed by atoms with Crippen molar-refractivity contribution in [1.29, 1.82) is 0 Å². The first kappa shape index (κ1) is 12.7. The van der Waals surface area contributed by atoms with Crippen LogP contribution in [0.25, 0.3) is 11.1 Å². The SMILES string of the molecule is FC(F)(Br)[Se]c1ccc(-c2ccccc2)cc1. The molecule has 0 aromatic heterocycles. The average molecular weight is 362 g/mol. The van der Waals surface area contributed by atoms with E-state index < -0.39 is 18.7 Å². The second-order valence-electron chi connectivity index (χ2n) is 3.44. The predicted octanol–water partition coefficient (Wildman–Crippen LogP) is 3.63. The van der Waals surface area contributed by atoms with Gasteiger partial charge in [-0.2, -0.15) is 0 Å². The number of hydrogen-bond donors (Lipinski definition) is 0. The summed E-state index contributed by atoms with van der Waals surface area (Å²) >= 11 is 1.50. The molecular weight excluding hydrogens is 353 g/mol. The van der Waals surface area contributed by atoms with E-state index in [0.29, 0.717) is 4.46 Å². The fourth-order valence-electron chi connectivity index (χ4n) is 1.48. The Morgan fingerprint density at radius 1 is 0.824 bits per heavy atom. The maximum absolute atomic E-state index is 12.8. The molecule has 2 aromatic rings. The van der Waals surface area contributed by atoms with Crippen molar-refractivity contribution in [1.82, 2.24) is 0 Å². The summed E-state index contributed by atoms with van der Waals surface area (Å²) in [6.07, 6.45) is 0. The Balaban J connectivity index is 2.19. The first-order valence-corrected chi connectivity index (χ1v) is 7.46. The van der Waals surface area contributed by atoms with Crippen LogP contribution in [0, 0.1) is 0 Å². The van der Waals surface area contributed by atoms with Gasteiger partial charge in [0.05, 0.1) is 0 Å². The van der Waals surface area contributed by atoms with E-state index in [4.69, 9.17) is 0 Å². The van der Waals surface area contributed by atoms with Crippen LogP contribution in [0.1, 0.15) is 0 Å². The van der Waals surface area contributed by atoms with Crippen LogP contribution in [-0.2, 0) is 0 Å². The molecule has 2 aromatic carbocycles. The van der Waals surface area contributed by atoms with Gasteiger partial charge >= 0.3 is 114 Å². The zero-order chi connectivity index (χ0) is 12.3. The predicted molar refractivity (Wildman–Crippen MR) is 71.1 cm³/mol. The van der Waals surface area contributed by atoms with E-state index >= 15 is 0 Å². The molecule has 0 fully saturated rings.